The first-order valence-corrected chi connectivity index (χ1v) is 7.75. The molecule has 0 nitrogen and oxygen atoms in total. The number of thiol groups is 3. The minimum Gasteiger partial charge on any atom is -0.143 e. The summed E-state index contributed by atoms with van der Waals surface area (Å²) >= 11 is 12.3. The van der Waals surface area contributed by atoms with E-state index in [-0.39, 0.29) is 0 Å². The normalized spacial score (nSPS) is 8.71. The van der Waals surface area contributed by atoms with E-state index >= 15 is 0 Å². The molecule has 0 aliphatic heterocycles. The van der Waals surface area contributed by atoms with Crippen LogP contribution in [0.3, 0.4) is 0 Å². The first-order chi connectivity index (χ1) is 10.2. The smallest absolute Gasteiger partial charge is 0.0174 e. The molecule has 0 heterocycles. The fourth-order valence-corrected chi connectivity index (χ4v) is 1.77. The first kappa shape index (κ1) is 17.8. The maximum absolute atomic E-state index is 4.12. The lowest BCUT2D eigenvalue weighted by molar-refractivity contribution is 1.27. The van der Waals surface area contributed by atoms with Crippen molar-refractivity contribution >= 4 is 37.9 Å². The summed E-state index contributed by atoms with van der Waals surface area (Å²) in [5.41, 5.74) is 0. The van der Waals surface area contributed by atoms with Crippen LogP contribution in [-0.2, 0) is 0 Å². The SMILES string of the molecule is Sc1ccccc1.Sc1ccccc1S.c1ccccc1. The molecule has 0 radical (unpaired) electrons. The van der Waals surface area contributed by atoms with Crippen LogP contribution in [0.2, 0.25) is 0 Å². The number of benzene rings is 3. The highest BCUT2D eigenvalue weighted by atomic mass is 32.1. The molecule has 0 aliphatic carbocycles. The van der Waals surface area contributed by atoms with Gasteiger partial charge in [-0.15, -0.1) is 37.9 Å². The second-order valence-electron chi connectivity index (χ2n) is 3.98. The molecule has 3 heteroatoms. The van der Waals surface area contributed by atoms with Gasteiger partial charge in [-0.3, -0.25) is 0 Å². The maximum atomic E-state index is 4.12. The average molecular weight is 331 g/mol. The highest BCUT2D eigenvalue weighted by Gasteiger charge is 1.86. The molecule has 0 saturated heterocycles. The Hall–Kier alpha value is -1.29. The van der Waals surface area contributed by atoms with Crippen molar-refractivity contribution in [2.24, 2.45) is 0 Å². The molecule has 108 valence electrons. The lowest BCUT2D eigenvalue weighted by Crippen LogP contribution is -1.65. The Morgan fingerprint density at radius 1 is 0.381 bits per heavy atom. The Morgan fingerprint density at radius 2 is 0.667 bits per heavy atom. The second kappa shape index (κ2) is 11.4. The number of hydrogen-bond acceptors (Lipinski definition) is 3. The van der Waals surface area contributed by atoms with Crippen LogP contribution in [0.1, 0.15) is 0 Å². The summed E-state index contributed by atoms with van der Waals surface area (Å²) in [7, 11) is 0. The number of rotatable bonds is 0. The van der Waals surface area contributed by atoms with Gasteiger partial charge in [0.1, 0.15) is 0 Å². The van der Waals surface area contributed by atoms with Gasteiger partial charge >= 0.3 is 0 Å². The Balaban J connectivity index is 0.000000159. The Labute approximate surface area is 143 Å². The predicted octanol–water partition coefficient (Wildman–Crippen LogP) is 5.93. The monoisotopic (exact) mass is 330 g/mol. The third-order valence-electron chi connectivity index (χ3n) is 2.30. The molecule has 0 aliphatic rings. The predicted molar refractivity (Wildman–Crippen MR) is 101 cm³/mol. The van der Waals surface area contributed by atoms with Gasteiger partial charge in [-0.1, -0.05) is 66.7 Å². The van der Waals surface area contributed by atoms with Gasteiger partial charge in [-0.2, -0.15) is 0 Å². The number of hydrogen-bond donors (Lipinski definition) is 3. The molecule has 0 N–H and O–H groups in total. The highest BCUT2D eigenvalue weighted by molar-refractivity contribution is 7.83. The van der Waals surface area contributed by atoms with Crippen molar-refractivity contribution in [2.75, 3.05) is 0 Å². The van der Waals surface area contributed by atoms with Gasteiger partial charge in [0.2, 0.25) is 0 Å². The van der Waals surface area contributed by atoms with E-state index in [2.05, 4.69) is 37.9 Å². The summed E-state index contributed by atoms with van der Waals surface area (Å²) < 4.78 is 0. The zero-order chi connectivity index (χ0) is 15.3. The molecule has 0 unspecified atom stereocenters. The second-order valence-corrected chi connectivity index (χ2v) is 5.46. The van der Waals surface area contributed by atoms with Crippen LogP contribution in [0.4, 0.5) is 0 Å². The summed E-state index contributed by atoms with van der Waals surface area (Å²) in [5, 5.41) is 0. The zero-order valence-corrected chi connectivity index (χ0v) is 14.2. The van der Waals surface area contributed by atoms with Crippen LogP contribution >= 0.6 is 37.9 Å². The Morgan fingerprint density at radius 3 is 0.905 bits per heavy atom. The van der Waals surface area contributed by atoms with Gasteiger partial charge < -0.3 is 0 Å². The highest BCUT2D eigenvalue weighted by Crippen LogP contribution is 2.15. The third-order valence-corrected chi connectivity index (χ3v) is 3.56. The average Bonchev–Trinajstić information content (AvgIpc) is 2.54. The van der Waals surface area contributed by atoms with Gasteiger partial charge in [-0.05, 0) is 24.3 Å². The van der Waals surface area contributed by atoms with Gasteiger partial charge in [-0.25, -0.2) is 0 Å². The molecular weight excluding hydrogens is 312 g/mol. The molecule has 0 spiro atoms. The molecule has 3 aromatic rings. The van der Waals surface area contributed by atoms with Crippen LogP contribution < -0.4 is 0 Å². The first-order valence-electron chi connectivity index (χ1n) is 6.41. The topological polar surface area (TPSA) is 0 Å². The van der Waals surface area contributed by atoms with Crippen molar-refractivity contribution in [3.8, 4) is 0 Å². The van der Waals surface area contributed by atoms with Crippen LogP contribution in [0, 0.1) is 0 Å². The molecule has 0 saturated carbocycles. The molecule has 0 atom stereocenters. The van der Waals surface area contributed by atoms with Gasteiger partial charge in [0.05, 0.1) is 0 Å². The van der Waals surface area contributed by atoms with Crippen LogP contribution in [-0.4, -0.2) is 0 Å². The molecule has 3 rings (SSSR count). The fourth-order valence-electron chi connectivity index (χ4n) is 1.28. The van der Waals surface area contributed by atoms with E-state index < -0.39 is 0 Å². The quantitative estimate of drug-likeness (QED) is 0.418. The Bertz CT molecular complexity index is 547. The van der Waals surface area contributed by atoms with Crippen molar-refractivity contribution in [3.05, 3.63) is 91.0 Å². The summed E-state index contributed by atoms with van der Waals surface area (Å²) in [5.74, 6) is 0. The molecule has 0 aromatic heterocycles. The zero-order valence-electron chi connectivity index (χ0n) is 11.5. The van der Waals surface area contributed by atoms with Crippen LogP contribution in [0.5, 0.6) is 0 Å². The van der Waals surface area contributed by atoms with Crippen LogP contribution in [0.25, 0.3) is 0 Å². The largest absolute Gasteiger partial charge is 0.143 e. The standard InChI is InChI=1S/C6H6S2.C6H6S.C6H6/c7-5-3-1-2-4-6(5)8;7-6-4-2-1-3-5-6;1-2-4-6-5-3-1/h1-4,7-8H;1-5,7H;1-6H. The van der Waals surface area contributed by atoms with E-state index in [1.165, 1.54) is 0 Å². The third kappa shape index (κ3) is 9.29. The summed E-state index contributed by atoms with van der Waals surface area (Å²) in [6, 6.07) is 29.5. The summed E-state index contributed by atoms with van der Waals surface area (Å²) in [4.78, 5) is 2.87. The molecule has 0 amide bonds. The van der Waals surface area contributed by atoms with Crippen molar-refractivity contribution in [2.45, 2.75) is 14.7 Å². The summed E-state index contributed by atoms with van der Waals surface area (Å²) in [6.45, 7) is 0. The lowest BCUT2D eigenvalue weighted by atomic mass is 10.4. The lowest BCUT2D eigenvalue weighted by Gasteiger charge is -1.91. The van der Waals surface area contributed by atoms with Crippen LogP contribution in [0.15, 0.2) is 106 Å². The van der Waals surface area contributed by atoms with Gasteiger partial charge in [0, 0.05) is 14.7 Å². The van der Waals surface area contributed by atoms with E-state index in [0.717, 1.165) is 14.7 Å². The van der Waals surface area contributed by atoms with Crippen molar-refractivity contribution < 1.29 is 0 Å². The van der Waals surface area contributed by atoms with E-state index in [4.69, 9.17) is 0 Å². The molecule has 0 bridgehead atoms. The van der Waals surface area contributed by atoms with E-state index in [1.807, 2.05) is 91.0 Å². The minimum absolute atomic E-state index is 0.927. The summed E-state index contributed by atoms with van der Waals surface area (Å²) in [6.07, 6.45) is 0. The molecule has 21 heavy (non-hydrogen) atoms. The van der Waals surface area contributed by atoms with Crippen molar-refractivity contribution in [3.63, 3.8) is 0 Å². The molecule has 3 aromatic carbocycles. The van der Waals surface area contributed by atoms with E-state index in [9.17, 15) is 0 Å². The van der Waals surface area contributed by atoms with E-state index in [0.29, 0.717) is 0 Å². The maximum Gasteiger partial charge on any atom is 0.0174 e. The van der Waals surface area contributed by atoms with Crippen molar-refractivity contribution in [1.82, 2.24) is 0 Å². The van der Waals surface area contributed by atoms with Gasteiger partial charge in [0.15, 0.2) is 0 Å². The van der Waals surface area contributed by atoms with E-state index in [1.54, 1.807) is 0 Å². The fraction of sp³-hybridized carbons (Fsp3) is 0. The minimum atomic E-state index is 0.927. The Kier molecular flexibility index (Phi) is 9.62. The van der Waals surface area contributed by atoms with Crippen molar-refractivity contribution in [1.29, 1.82) is 0 Å². The molecule has 0 fully saturated rings. The molecular formula is C18H18S3. The van der Waals surface area contributed by atoms with Gasteiger partial charge in [0.25, 0.3) is 0 Å².